The van der Waals surface area contributed by atoms with E-state index in [4.69, 9.17) is 15.2 Å². The lowest BCUT2D eigenvalue weighted by Crippen LogP contribution is -2.21. The van der Waals surface area contributed by atoms with Gasteiger partial charge in [0.15, 0.2) is 0 Å². The summed E-state index contributed by atoms with van der Waals surface area (Å²) in [6.45, 7) is 0.419. The third-order valence-electron chi connectivity index (χ3n) is 4.55. The SMILES string of the molecule is COc1ccc(Cc2cnc(NCOC3CCCCC3)nc2N)cc1. The molecule has 0 unspecified atom stereocenters. The second kappa shape index (κ2) is 8.67. The lowest BCUT2D eigenvalue weighted by molar-refractivity contribution is 0.0397. The molecule has 1 saturated carbocycles. The number of hydrogen-bond acceptors (Lipinski definition) is 6. The summed E-state index contributed by atoms with van der Waals surface area (Å²) in [5.74, 6) is 1.84. The molecule has 3 rings (SSSR count). The zero-order valence-corrected chi connectivity index (χ0v) is 14.7. The van der Waals surface area contributed by atoms with Crippen LogP contribution in [0.3, 0.4) is 0 Å². The molecule has 0 amide bonds. The number of aromatic nitrogens is 2. The Morgan fingerprint density at radius 3 is 2.60 bits per heavy atom. The Kier molecular flexibility index (Phi) is 6.06. The smallest absolute Gasteiger partial charge is 0.226 e. The number of ether oxygens (including phenoxy) is 2. The van der Waals surface area contributed by atoms with Crippen LogP contribution in [0.5, 0.6) is 5.75 Å². The third kappa shape index (κ3) is 5.06. The van der Waals surface area contributed by atoms with Gasteiger partial charge < -0.3 is 20.5 Å². The Balaban J connectivity index is 1.52. The molecule has 0 saturated heterocycles. The molecule has 1 heterocycles. The van der Waals surface area contributed by atoms with Crippen LogP contribution in [0.15, 0.2) is 30.5 Å². The molecular weight excluding hydrogens is 316 g/mol. The van der Waals surface area contributed by atoms with Crippen molar-refractivity contribution in [1.29, 1.82) is 0 Å². The average Bonchev–Trinajstić information content (AvgIpc) is 2.65. The van der Waals surface area contributed by atoms with Crippen LogP contribution in [0.25, 0.3) is 0 Å². The van der Waals surface area contributed by atoms with Crippen LogP contribution in [-0.4, -0.2) is 29.9 Å². The Morgan fingerprint density at radius 2 is 1.92 bits per heavy atom. The monoisotopic (exact) mass is 342 g/mol. The van der Waals surface area contributed by atoms with E-state index in [2.05, 4.69) is 15.3 Å². The van der Waals surface area contributed by atoms with E-state index in [9.17, 15) is 0 Å². The van der Waals surface area contributed by atoms with Gasteiger partial charge in [-0.25, -0.2) is 4.98 Å². The first-order valence-electron chi connectivity index (χ1n) is 8.84. The number of nitrogens with zero attached hydrogens (tertiary/aromatic N) is 2. The summed E-state index contributed by atoms with van der Waals surface area (Å²) in [6.07, 6.45) is 8.94. The van der Waals surface area contributed by atoms with Gasteiger partial charge in [0.2, 0.25) is 5.95 Å². The molecule has 0 bridgehead atoms. The Morgan fingerprint density at radius 1 is 1.16 bits per heavy atom. The fraction of sp³-hybridized carbons (Fsp3) is 0.474. The van der Waals surface area contributed by atoms with Crippen molar-refractivity contribution in [3.63, 3.8) is 0 Å². The van der Waals surface area contributed by atoms with Crippen LogP contribution in [0, 0.1) is 0 Å². The Bertz CT molecular complexity index is 670. The van der Waals surface area contributed by atoms with E-state index in [-0.39, 0.29) is 0 Å². The number of methoxy groups -OCH3 is 1. The third-order valence-corrected chi connectivity index (χ3v) is 4.55. The first-order valence-corrected chi connectivity index (χ1v) is 8.84. The van der Waals surface area contributed by atoms with Crippen molar-refractivity contribution >= 4 is 11.8 Å². The molecule has 0 spiro atoms. The maximum Gasteiger partial charge on any atom is 0.226 e. The van der Waals surface area contributed by atoms with Crippen molar-refractivity contribution in [2.45, 2.75) is 44.6 Å². The summed E-state index contributed by atoms with van der Waals surface area (Å²) in [5, 5.41) is 3.10. The van der Waals surface area contributed by atoms with E-state index < -0.39 is 0 Å². The van der Waals surface area contributed by atoms with E-state index in [1.54, 1.807) is 13.3 Å². The van der Waals surface area contributed by atoms with Crippen molar-refractivity contribution in [3.05, 3.63) is 41.6 Å². The summed E-state index contributed by atoms with van der Waals surface area (Å²) >= 11 is 0. The predicted octanol–water partition coefficient (Wildman–Crippen LogP) is 3.38. The number of nitrogen functional groups attached to an aromatic ring is 1. The highest BCUT2D eigenvalue weighted by atomic mass is 16.5. The zero-order valence-electron chi connectivity index (χ0n) is 14.7. The molecule has 6 heteroatoms. The first-order chi connectivity index (χ1) is 12.2. The molecule has 134 valence electrons. The molecule has 1 aliphatic carbocycles. The average molecular weight is 342 g/mol. The van der Waals surface area contributed by atoms with Gasteiger partial charge in [0.25, 0.3) is 0 Å². The van der Waals surface area contributed by atoms with E-state index in [0.717, 1.165) is 29.7 Å². The van der Waals surface area contributed by atoms with Gasteiger partial charge in [0.05, 0.1) is 13.2 Å². The molecule has 1 aliphatic rings. The van der Waals surface area contributed by atoms with Crippen LogP contribution in [0.2, 0.25) is 0 Å². The van der Waals surface area contributed by atoms with Crippen LogP contribution in [-0.2, 0) is 11.2 Å². The van der Waals surface area contributed by atoms with E-state index in [0.29, 0.717) is 31.0 Å². The van der Waals surface area contributed by atoms with Crippen LogP contribution >= 0.6 is 0 Å². The first kappa shape index (κ1) is 17.5. The molecule has 0 aliphatic heterocycles. The molecule has 2 aromatic rings. The number of nitrogens with two attached hydrogens (primary N) is 1. The molecule has 25 heavy (non-hydrogen) atoms. The largest absolute Gasteiger partial charge is 0.497 e. The topological polar surface area (TPSA) is 82.3 Å². The highest BCUT2D eigenvalue weighted by Gasteiger charge is 2.13. The number of benzene rings is 1. The Labute approximate surface area is 148 Å². The standard InChI is InChI=1S/C19H26N4O2/c1-24-16-9-7-14(8-10-16)11-15-12-21-19(23-18(15)20)22-13-25-17-5-3-2-4-6-17/h7-10,12,17H,2-6,11,13H2,1H3,(H3,20,21,22,23). The fourth-order valence-corrected chi connectivity index (χ4v) is 3.06. The molecular formula is C19H26N4O2. The van der Waals surface area contributed by atoms with Crippen molar-refractivity contribution in [1.82, 2.24) is 9.97 Å². The number of rotatable bonds is 7. The highest BCUT2D eigenvalue weighted by molar-refractivity contribution is 5.45. The normalized spacial score (nSPS) is 15.1. The maximum absolute atomic E-state index is 6.08. The van der Waals surface area contributed by atoms with E-state index in [1.807, 2.05) is 24.3 Å². The van der Waals surface area contributed by atoms with Gasteiger partial charge in [-0.1, -0.05) is 31.4 Å². The van der Waals surface area contributed by atoms with Gasteiger partial charge in [-0.2, -0.15) is 4.98 Å². The highest BCUT2D eigenvalue weighted by Crippen LogP contribution is 2.21. The minimum absolute atomic E-state index is 0.355. The molecule has 1 aromatic carbocycles. The molecule has 1 aromatic heterocycles. The number of hydrogen-bond donors (Lipinski definition) is 2. The molecule has 0 radical (unpaired) electrons. The summed E-state index contributed by atoms with van der Waals surface area (Å²) < 4.78 is 11.0. The van der Waals surface area contributed by atoms with E-state index in [1.165, 1.54) is 19.3 Å². The van der Waals surface area contributed by atoms with Crippen molar-refractivity contribution in [2.24, 2.45) is 0 Å². The van der Waals surface area contributed by atoms with Gasteiger partial charge in [-0.3, -0.25) is 0 Å². The van der Waals surface area contributed by atoms with Gasteiger partial charge in [0, 0.05) is 18.2 Å². The van der Waals surface area contributed by atoms with Crippen molar-refractivity contribution in [3.8, 4) is 5.75 Å². The number of nitrogens with one attached hydrogen (secondary N) is 1. The van der Waals surface area contributed by atoms with Gasteiger partial charge in [-0.05, 0) is 30.5 Å². The molecule has 0 atom stereocenters. The van der Waals surface area contributed by atoms with Crippen LogP contribution < -0.4 is 15.8 Å². The second-order valence-electron chi connectivity index (χ2n) is 6.38. The summed E-state index contributed by atoms with van der Waals surface area (Å²) in [6, 6.07) is 7.90. The summed E-state index contributed by atoms with van der Waals surface area (Å²) in [5.41, 5.74) is 8.13. The van der Waals surface area contributed by atoms with Gasteiger partial charge in [0.1, 0.15) is 18.3 Å². The summed E-state index contributed by atoms with van der Waals surface area (Å²) in [4.78, 5) is 8.68. The van der Waals surface area contributed by atoms with Crippen molar-refractivity contribution < 1.29 is 9.47 Å². The Hall–Kier alpha value is -2.34. The molecule has 6 nitrogen and oxygen atoms in total. The van der Waals surface area contributed by atoms with Crippen LogP contribution in [0.4, 0.5) is 11.8 Å². The molecule has 1 fully saturated rings. The maximum atomic E-state index is 6.08. The number of anilines is 2. The quantitative estimate of drug-likeness (QED) is 0.751. The van der Waals surface area contributed by atoms with Crippen LogP contribution in [0.1, 0.15) is 43.2 Å². The minimum Gasteiger partial charge on any atom is -0.497 e. The fourth-order valence-electron chi connectivity index (χ4n) is 3.06. The van der Waals surface area contributed by atoms with Crippen molar-refractivity contribution in [2.75, 3.05) is 24.9 Å². The van der Waals surface area contributed by atoms with E-state index >= 15 is 0 Å². The minimum atomic E-state index is 0.355. The lowest BCUT2D eigenvalue weighted by atomic mass is 9.98. The van der Waals surface area contributed by atoms with Gasteiger partial charge in [-0.15, -0.1) is 0 Å². The zero-order chi connectivity index (χ0) is 17.5. The second-order valence-corrected chi connectivity index (χ2v) is 6.38. The summed E-state index contributed by atoms with van der Waals surface area (Å²) in [7, 11) is 1.66. The lowest BCUT2D eigenvalue weighted by Gasteiger charge is -2.22. The van der Waals surface area contributed by atoms with Gasteiger partial charge >= 0.3 is 0 Å². The molecule has 3 N–H and O–H groups in total. The predicted molar refractivity (Wildman–Crippen MR) is 98.7 cm³/mol.